The molecular weight excluding hydrogens is 527 g/mol. The Morgan fingerprint density at radius 1 is 0.868 bits per heavy atom. The van der Waals surface area contributed by atoms with Crippen molar-refractivity contribution in [3.8, 4) is 0 Å². The number of ether oxygens (including phenoxy) is 1. The van der Waals surface area contributed by atoms with Gasteiger partial charge in [0.15, 0.2) is 0 Å². The van der Waals surface area contributed by atoms with Crippen LogP contribution in [0.1, 0.15) is 26.3 Å². The summed E-state index contributed by atoms with van der Waals surface area (Å²) in [7, 11) is 1.22. The number of carbonyl (C=O) groups is 4. The summed E-state index contributed by atoms with van der Waals surface area (Å²) >= 11 is 6.13. The molecule has 3 aromatic rings. The molecule has 1 aliphatic rings. The third-order valence-corrected chi connectivity index (χ3v) is 5.79. The first kappa shape index (κ1) is 26.4. The molecule has 8 nitrogen and oxygen atoms in total. The average molecular weight is 544 g/mol. The number of amides is 3. The van der Waals surface area contributed by atoms with Crippen molar-refractivity contribution in [1.29, 1.82) is 0 Å². The van der Waals surface area contributed by atoms with Gasteiger partial charge in [-0.3, -0.25) is 14.4 Å². The second kappa shape index (κ2) is 10.4. The molecular formula is C26H17ClF3N3O5. The van der Waals surface area contributed by atoms with E-state index in [-0.39, 0.29) is 33.2 Å². The molecule has 1 heterocycles. The van der Waals surface area contributed by atoms with Crippen molar-refractivity contribution in [2.45, 2.75) is 6.18 Å². The van der Waals surface area contributed by atoms with E-state index in [0.29, 0.717) is 5.69 Å². The lowest BCUT2D eigenvalue weighted by Crippen LogP contribution is -2.32. The first-order valence-electron chi connectivity index (χ1n) is 10.8. The molecule has 0 spiro atoms. The van der Waals surface area contributed by atoms with Gasteiger partial charge in [0.2, 0.25) is 0 Å². The number of rotatable bonds is 6. The van der Waals surface area contributed by atoms with Gasteiger partial charge in [-0.05, 0) is 66.7 Å². The number of esters is 1. The van der Waals surface area contributed by atoms with Crippen LogP contribution in [0.4, 0.5) is 30.2 Å². The molecule has 0 aliphatic carbocycles. The van der Waals surface area contributed by atoms with Gasteiger partial charge in [-0.1, -0.05) is 17.7 Å². The third kappa shape index (κ3) is 5.37. The minimum atomic E-state index is -4.55. The summed E-state index contributed by atoms with van der Waals surface area (Å²) in [6.07, 6.45) is -4.55. The van der Waals surface area contributed by atoms with Crippen molar-refractivity contribution in [3.05, 3.63) is 100 Å². The number of hydrogen-bond acceptors (Lipinski definition) is 6. The second-order valence-electron chi connectivity index (χ2n) is 7.91. The molecule has 0 bridgehead atoms. The number of nitrogens with zero attached hydrogens (tertiary/aromatic N) is 1. The molecule has 1 aliphatic heterocycles. The smallest absolute Gasteiger partial charge is 0.416 e. The van der Waals surface area contributed by atoms with Crippen molar-refractivity contribution in [3.63, 3.8) is 0 Å². The van der Waals surface area contributed by atoms with Gasteiger partial charge in [0.1, 0.15) is 10.7 Å². The first-order valence-corrected chi connectivity index (χ1v) is 11.2. The average Bonchev–Trinajstić information content (AvgIpc) is 3.11. The predicted molar refractivity (Wildman–Crippen MR) is 133 cm³/mol. The number of carbonyl (C=O) groups excluding carboxylic acids is 4. The monoisotopic (exact) mass is 543 g/mol. The fourth-order valence-corrected chi connectivity index (χ4v) is 3.75. The normalized spacial score (nSPS) is 13.6. The molecule has 3 amide bonds. The zero-order valence-electron chi connectivity index (χ0n) is 19.4. The fourth-order valence-electron chi connectivity index (χ4n) is 3.54. The number of alkyl halides is 3. The molecule has 194 valence electrons. The summed E-state index contributed by atoms with van der Waals surface area (Å²) in [4.78, 5) is 50.5. The summed E-state index contributed by atoms with van der Waals surface area (Å²) in [6, 6.07) is 15.4. The number of methoxy groups -OCH3 is 1. The zero-order chi connectivity index (χ0) is 27.6. The molecule has 0 unspecified atom stereocenters. The minimum Gasteiger partial charge on any atom is -0.465 e. The number of anilines is 3. The predicted octanol–water partition coefficient (Wildman–Crippen LogP) is 5.18. The summed E-state index contributed by atoms with van der Waals surface area (Å²) in [5.74, 6) is -2.75. The lowest BCUT2D eigenvalue weighted by Gasteiger charge is -2.15. The maximum atomic E-state index is 12.9. The first-order chi connectivity index (χ1) is 18.0. The van der Waals surface area contributed by atoms with E-state index in [4.69, 9.17) is 11.6 Å². The second-order valence-corrected chi connectivity index (χ2v) is 8.29. The van der Waals surface area contributed by atoms with E-state index in [1.165, 1.54) is 67.8 Å². The molecule has 0 atom stereocenters. The molecule has 4 rings (SSSR count). The Labute approximate surface area is 218 Å². The van der Waals surface area contributed by atoms with Crippen LogP contribution in [-0.2, 0) is 20.5 Å². The van der Waals surface area contributed by atoms with E-state index in [2.05, 4.69) is 15.4 Å². The van der Waals surface area contributed by atoms with Crippen LogP contribution in [-0.4, -0.2) is 30.8 Å². The fraction of sp³-hybridized carbons (Fsp3) is 0.0769. The van der Waals surface area contributed by atoms with Gasteiger partial charge in [0.25, 0.3) is 17.7 Å². The van der Waals surface area contributed by atoms with E-state index < -0.39 is 35.4 Å². The lowest BCUT2D eigenvalue weighted by molar-refractivity contribution is -0.137. The highest BCUT2D eigenvalue weighted by Gasteiger charge is 2.39. The van der Waals surface area contributed by atoms with Gasteiger partial charge < -0.3 is 15.4 Å². The third-order valence-electron chi connectivity index (χ3n) is 5.44. The summed E-state index contributed by atoms with van der Waals surface area (Å²) in [6.45, 7) is 0. The Morgan fingerprint density at radius 2 is 1.50 bits per heavy atom. The van der Waals surface area contributed by atoms with E-state index in [1.807, 2.05) is 0 Å². The van der Waals surface area contributed by atoms with Crippen LogP contribution in [0.25, 0.3) is 0 Å². The molecule has 0 saturated carbocycles. The van der Waals surface area contributed by atoms with Gasteiger partial charge in [-0.15, -0.1) is 0 Å². The SMILES string of the molecule is COC(=O)c1ccc(N2C(=O)C(Cl)=C(Nc3ccc(C(=O)Nc4cccc(C(F)(F)F)c4)cc3)C2=O)cc1. The van der Waals surface area contributed by atoms with Crippen molar-refractivity contribution in [2.75, 3.05) is 22.6 Å². The number of benzene rings is 3. The van der Waals surface area contributed by atoms with Gasteiger partial charge in [-0.25, -0.2) is 9.69 Å². The number of nitrogens with one attached hydrogen (secondary N) is 2. The van der Waals surface area contributed by atoms with Gasteiger partial charge in [-0.2, -0.15) is 13.2 Å². The van der Waals surface area contributed by atoms with Crippen LogP contribution in [0.2, 0.25) is 0 Å². The van der Waals surface area contributed by atoms with Gasteiger partial charge in [0.05, 0.1) is 23.9 Å². The van der Waals surface area contributed by atoms with Crippen LogP contribution in [0.15, 0.2) is 83.5 Å². The van der Waals surface area contributed by atoms with Crippen LogP contribution < -0.4 is 15.5 Å². The van der Waals surface area contributed by atoms with Crippen LogP contribution in [0.3, 0.4) is 0 Å². The summed E-state index contributed by atoms with van der Waals surface area (Å²) in [5.41, 5.74) is -0.265. The van der Waals surface area contributed by atoms with E-state index >= 15 is 0 Å². The van der Waals surface area contributed by atoms with Crippen molar-refractivity contribution in [1.82, 2.24) is 0 Å². The molecule has 3 aromatic carbocycles. The number of hydrogen-bond donors (Lipinski definition) is 2. The Bertz CT molecular complexity index is 1470. The lowest BCUT2D eigenvalue weighted by atomic mass is 10.1. The maximum Gasteiger partial charge on any atom is 0.416 e. The highest BCUT2D eigenvalue weighted by molar-refractivity contribution is 6.53. The van der Waals surface area contributed by atoms with Crippen molar-refractivity contribution in [2.24, 2.45) is 0 Å². The maximum absolute atomic E-state index is 12.9. The van der Waals surface area contributed by atoms with Crippen LogP contribution >= 0.6 is 11.6 Å². The largest absolute Gasteiger partial charge is 0.465 e. The number of halogens is 4. The van der Waals surface area contributed by atoms with Crippen molar-refractivity contribution < 1.29 is 37.1 Å². The Kier molecular flexibility index (Phi) is 7.22. The Hall–Kier alpha value is -4.64. The zero-order valence-corrected chi connectivity index (χ0v) is 20.2. The van der Waals surface area contributed by atoms with Gasteiger partial charge >= 0.3 is 12.1 Å². The van der Waals surface area contributed by atoms with Crippen LogP contribution in [0, 0.1) is 0 Å². The van der Waals surface area contributed by atoms with Crippen molar-refractivity contribution >= 4 is 52.4 Å². The topological polar surface area (TPSA) is 105 Å². The quantitative estimate of drug-likeness (QED) is 0.328. The molecule has 0 radical (unpaired) electrons. The molecule has 38 heavy (non-hydrogen) atoms. The highest BCUT2D eigenvalue weighted by atomic mass is 35.5. The molecule has 12 heteroatoms. The molecule has 2 N–H and O–H groups in total. The van der Waals surface area contributed by atoms with Crippen LogP contribution in [0.5, 0.6) is 0 Å². The minimum absolute atomic E-state index is 0.0289. The molecule has 0 saturated heterocycles. The molecule has 0 aromatic heterocycles. The van der Waals surface area contributed by atoms with E-state index in [0.717, 1.165) is 17.0 Å². The summed E-state index contributed by atoms with van der Waals surface area (Å²) < 4.78 is 43.3. The summed E-state index contributed by atoms with van der Waals surface area (Å²) in [5, 5.41) is 4.79. The van der Waals surface area contributed by atoms with Gasteiger partial charge in [0, 0.05) is 16.9 Å². The standard InChI is InChI=1S/C26H17ClF3N3O5/c1-38-25(37)15-7-11-19(12-8-15)33-23(35)20(27)21(24(33)36)31-17-9-5-14(6-10-17)22(34)32-18-4-2-3-16(13-18)26(28,29)30/h2-13,31H,1H3,(H,32,34). The Balaban J connectivity index is 1.45. The molecule has 0 fully saturated rings. The van der Waals surface area contributed by atoms with E-state index in [1.54, 1.807) is 0 Å². The highest BCUT2D eigenvalue weighted by Crippen LogP contribution is 2.32. The Morgan fingerprint density at radius 3 is 2.11 bits per heavy atom. The van der Waals surface area contributed by atoms with E-state index in [9.17, 15) is 32.3 Å². The number of imide groups is 1.